The quantitative estimate of drug-likeness (QED) is 0.746. The Labute approximate surface area is 138 Å². The van der Waals surface area contributed by atoms with Crippen LogP contribution in [0.1, 0.15) is 25.8 Å². The van der Waals surface area contributed by atoms with Crippen molar-refractivity contribution in [3.8, 4) is 0 Å². The van der Waals surface area contributed by atoms with E-state index in [0.29, 0.717) is 18.8 Å². The van der Waals surface area contributed by atoms with E-state index in [9.17, 15) is 9.59 Å². The Balaban J connectivity index is 0.00000441. The first kappa shape index (κ1) is 20.4. The van der Waals surface area contributed by atoms with Gasteiger partial charge in [0.05, 0.1) is 13.2 Å². The molecule has 0 aromatic heterocycles. The zero-order valence-corrected chi connectivity index (χ0v) is 14.1. The summed E-state index contributed by atoms with van der Waals surface area (Å²) >= 11 is 0. The zero-order chi connectivity index (χ0) is 15.8. The largest absolute Gasteiger partial charge is 0.467 e. The molecule has 0 aliphatic heterocycles. The summed E-state index contributed by atoms with van der Waals surface area (Å²) in [6.45, 7) is 3.99. The molecular weight excluding hydrogens is 304 g/mol. The lowest BCUT2D eigenvalue weighted by Gasteiger charge is -2.20. The maximum absolute atomic E-state index is 12.1. The van der Waals surface area contributed by atoms with Gasteiger partial charge in [0.2, 0.25) is 5.91 Å². The molecule has 0 aliphatic carbocycles. The van der Waals surface area contributed by atoms with E-state index in [-0.39, 0.29) is 18.3 Å². The van der Waals surface area contributed by atoms with Gasteiger partial charge in [0.1, 0.15) is 6.04 Å². The fraction of sp³-hybridized carbons (Fsp3) is 0.500. The van der Waals surface area contributed by atoms with Gasteiger partial charge in [0.25, 0.3) is 0 Å². The predicted octanol–water partition coefficient (Wildman–Crippen LogP) is 1.68. The number of halogens is 1. The highest BCUT2D eigenvalue weighted by Crippen LogP contribution is 2.07. The Kier molecular flexibility index (Phi) is 9.45. The average molecular weight is 329 g/mol. The number of hydrogen-bond donors (Lipinski definition) is 2. The van der Waals surface area contributed by atoms with Crippen LogP contribution < -0.4 is 11.1 Å². The van der Waals surface area contributed by atoms with Gasteiger partial charge in [-0.2, -0.15) is 0 Å². The second-order valence-corrected chi connectivity index (χ2v) is 5.51. The van der Waals surface area contributed by atoms with Gasteiger partial charge in [0.15, 0.2) is 0 Å². The molecule has 0 bridgehead atoms. The van der Waals surface area contributed by atoms with Crippen molar-refractivity contribution in [3.63, 3.8) is 0 Å². The number of rotatable bonds is 7. The average Bonchev–Trinajstić information content (AvgIpc) is 2.46. The number of carbonyl (C=O) groups is 2. The lowest BCUT2D eigenvalue weighted by atomic mass is 10.0. The topological polar surface area (TPSA) is 81.4 Å². The number of esters is 1. The van der Waals surface area contributed by atoms with Gasteiger partial charge >= 0.3 is 5.97 Å². The van der Waals surface area contributed by atoms with Crippen LogP contribution in [-0.2, 0) is 20.7 Å². The van der Waals surface area contributed by atoms with Crippen LogP contribution in [0.25, 0.3) is 0 Å². The molecule has 0 aliphatic rings. The third kappa shape index (κ3) is 6.91. The molecule has 1 rings (SSSR count). The number of nitrogens with one attached hydrogen (secondary N) is 1. The Hall–Kier alpha value is -1.59. The van der Waals surface area contributed by atoms with E-state index in [1.165, 1.54) is 7.11 Å². The Morgan fingerprint density at radius 3 is 2.32 bits per heavy atom. The maximum Gasteiger partial charge on any atom is 0.328 e. The fourth-order valence-electron chi connectivity index (χ4n) is 2.08. The van der Waals surface area contributed by atoms with Gasteiger partial charge < -0.3 is 15.8 Å². The van der Waals surface area contributed by atoms with E-state index in [0.717, 1.165) is 5.56 Å². The smallest absolute Gasteiger partial charge is 0.328 e. The summed E-state index contributed by atoms with van der Waals surface area (Å²) in [7, 11) is 1.31. The van der Waals surface area contributed by atoms with Crippen LogP contribution in [0, 0.1) is 5.92 Å². The molecule has 0 fully saturated rings. The molecule has 3 N–H and O–H groups in total. The van der Waals surface area contributed by atoms with Crippen molar-refractivity contribution < 1.29 is 14.3 Å². The van der Waals surface area contributed by atoms with Crippen LogP contribution in [-0.4, -0.2) is 31.1 Å². The number of benzene rings is 1. The van der Waals surface area contributed by atoms with Crippen molar-refractivity contribution >= 4 is 24.3 Å². The lowest BCUT2D eigenvalue weighted by Crippen LogP contribution is -2.50. The molecule has 0 heterocycles. The van der Waals surface area contributed by atoms with Crippen molar-refractivity contribution in [2.24, 2.45) is 11.7 Å². The molecule has 1 amide bonds. The first-order valence-electron chi connectivity index (χ1n) is 7.11. The molecule has 1 aromatic carbocycles. The van der Waals surface area contributed by atoms with E-state index >= 15 is 0 Å². The summed E-state index contributed by atoms with van der Waals surface area (Å²) < 4.78 is 4.75. The highest BCUT2D eigenvalue weighted by atomic mass is 35.5. The standard InChI is InChI=1S/C16H24N2O3.ClH/c1-11(2)9-13(17)15(19)18-14(16(20)21-3)10-12-7-5-4-6-8-12;/h4-8,11,13-14H,9-10,17H2,1-3H3,(H,18,19);1H/t13-,14-;/m1./s1. The van der Waals surface area contributed by atoms with Crippen molar-refractivity contribution in [1.82, 2.24) is 5.32 Å². The van der Waals surface area contributed by atoms with Crippen LogP contribution in [0.3, 0.4) is 0 Å². The van der Waals surface area contributed by atoms with Gasteiger partial charge in [0, 0.05) is 6.42 Å². The molecule has 0 spiro atoms. The van der Waals surface area contributed by atoms with Crippen molar-refractivity contribution in [2.45, 2.75) is 38.8 Å². The van der Waals surface area contributed by atoms with E-state index in [4.69, 9.17) is 10.5 Å². The molecule has 0 saturated carbocycles. The number of nitrogens with two attached hydrogens (primary N) is 1. The molecule has 6 heteroatoms. The van der Waals surface area contributed by atoms with Gasteiger partial charge in [-0.3, -0.25) is 4.79 Å². The van der Waals surface area contributed by atoms with Crippen molar-refractivity contribution in [3.05, 3.63) is 35.9 Å². The molecule has 1 aromatic rings. The summed E-state index contributed by atoms with van der Waals surface area (Å²) in [6.07, 6.45) is 0.957. The molecule has 0 unspecified atom stereocenters. The van der Waals surface area contributed by atoms with Crippen molar-refractivity contribution in [2.75, 3.05) is 7.11 Å². The van der Waals surface area contributed by atoms with Gasteiger partial charge in [-0.25, -0.2) is 4.79 Å². The molecule has 2 atom stereocenters. The maximum atomic E-state index is 12.1. The molecule has 22 heavy (non-hydrogen) atoms. The Morgan fingerprint density at radius 2 is 1.82 bits per heavy atom. The van der Waals surface area contributed by atoms with Gasteiger partial charge in [-0.1, -0.05) is 44.2 Å². The molecule has 5 nitrogen and oxygen atoms in total. The van der Waals surface area contributed by atoms with E-state index in [1.807, 2.05) is 44.2 Å². The summed E-state index contributed by atoms with van der Waals surface area (Å²) in [5.41, 5.74) is 6.79. The van der Waals surface area contributed by atoms with E-state index < -0.39 is 18.1 Å². The summed E-state index contributed by atoms with van der Waals surface area (Å²) in [5, 5.41) is 2.68. The van der Waals surface area contributed by atoms with Crippen LogP contribution in [0.4, 0.5) is 0 Å². The SMILES string of the molecule is COC(=O)[C@@H](Cc1ccccc1)NC(=O)[C@H](N)CC(C)C.Cl. The highest BCUT2D eigenvalue weighted by Gasteiger charge is 2.24. The van der Waals surface area contributed by atoms with Crippen LogP contribution >= 0.6 is 12.4 Å². The highest BCUT2D eigenvalue weighted by molar-refractivity contribution is 5.87. The van der Waals surface area contributed by atoms with Gasteiger partial charge in [-0.15, -0.1) is 12.4 Å². The molecule has 0 saturated heterocycles. The molecule has 0 radical (unpaired) electrons. The minimum atomic E-state index is -0.719. The van der Waals surface area contributed by atoms with Crippen LogP contribution in [0.15, 0.2) is 30.3 Å². The second-order valence-electron chi connectivity index (χ2n) is 5.51. The number of hydrogen-bond acceptors (Lipinski definition) is 4. The summed E-state index contributed by atoms with van der Waals surface area (Å²) in [6, 6.07) is 8.13. The van der Waals surface area contributed by atoms with Crippen LogP contribution in [0.5, 0.6) is 0 Å². The first-order chi connectivity index (χ1) is 9.93. The fourth-order valence-corrected chi connectivity index (χ4v) is 2.08. The lowest BCUT2D eigenvalue weighted by molar-refractivity contribution is -0.145. The normalized spacial score (nSPS) is 13.0. The number of carbonyl (C=O) groups excluding carboxylic acids is 2. The van der Waals surface area contributed by atoms with Gasteiger partial charge in [-0.05, 0) is 17.9 Å². The number of ether oxygens (including phenoxy) is 1. The summed E-state index contributed by atoms with van der Waals surface area (Å²) in [4.78, 5) is 23.9. The van der Waals surface area contributed by atoms with E-state index in [1.54, 1.807) is 0 Å². The number of methoxy groups -OCH3 is 1. The van der Waals surface area contributed by atoms with Crippen molar-refractivity contribution in [1.29, 1.82) is 0 Å². The van der Waals surface area contributed by atoms with E-state index in [2.05, 4.69) is 5.32 Å². The number of amides is 1. The Morgan fingerprint density at radius 1 is 1.23 bits per heavy atom. The second kappa shape index (κ2) is 10.2. The molecular formula is C16H25ClN2O3. The predicted molar refractivity (Wildman–Crippen MR) is 88.8 cm³/mol. The monoisotopic (exact) mass is 328 g/mol. The minimum Gasteiger partial charge on any atom is -0.467 e. The van der Waals surface area contributed by atoms with Crippen LogP contribution in [0.2, 0.25) is 0 Å². The minimum absolute atomic E-state index is 0. The molecule has 124 valence electrons. The third-order valence-electron chi connectivity index (χ3n) is 3.15. The Bertz CT molecular complexity index is 466. The first-order valence-corrected chi connectivity index (χ1v) is 7.11. The third-order valence-corrected chi connectivity index (χ3v) is 3.15. The summed E-state index contributed by atoms with van der Waals surface area (Å²) in [5.74, 6) is -0.476. The zero-order valence-electron chi connectivity index (χ0n) is 13.2.